The van der Waals surface area contributed by atoms with Crippen molar-refractivity contribution < 1.29 is 14.3 Å². The van der Waals surface area contributed by atoms with Crippen molar-refractivity contribution in [3.05, 3.63) is 20.3 Å². The normalized spacial score (nSPS) is 11.6. The van der Waals surface area contributed by atoms with Crippen LogP contribution in [0.25, 0.3) is 0 Å². The van der Waals surface area contributed by atoms with Crippen LogP contribution in [0, 0.1) is 6.92 Å². The molecule has 0 aliphatic carbocycles. The molecule has 0 atom stereocenters. The molecule has 0 fully saturated rings. The van der Waals surface area contributed by atoms with Gasteiger partial charge >= 0.3 is 6.09 Å². The van der Waals surface area contributed by atoms with Gasteiger partial charge in [-0.1, -0.05) is 0 Å². The van der Waals surface area contributed by atoms with E-state index < -0.39 is 5.60 Å². The number of rotatable bonds is 8. The fourth-order valence-electron chi connectivity index (χ4n) is 1.85. The topological polar surface area (TPSA) is 50.8 Å². The van der Waals surface area contributed by atoms with Crippen LogP contribution in [0.4, 0.5) is 4.79 Å². The maximum atomic E-state index is 12.2. The fraction of sp³-hybridized carbons (Fsp3) is 0.688. The van der Waals surface area contributed by atoms with Crippen molar-refractivity contribution in [2.24, 2.45) is 0 Å². The van der Waals surface area contributed by atoms with Crippen molar-refractivity contribution in [3.8, 4) is 0 Å². The molecule has 0 bridgehead atoms. The zero-order valence-electron chi connectivity index (χ0n) is 14.6. The van der Waals surface area contributed by atoms with Gasteiger partial charge in [-0.3, -0.25) is 0 Å². The Bertz CT molecular complexity index is 481. The van der Waals surface area contributed by atoms with Crippen LogP contribution < -0.4 is 5.32 Å². The lowest BCUT2D eigenvalue weighted by atomic mass is 10.2. The molecule has 5 nitrogen and oxygen atoms in total. The molecule has 1 aromatic heterocycles. The number of nitrogens with one attached hydrogen (secondary N) is 1. The molecular weight excluding hydrogens is 380 g/mol. The van der Waals surface area contributed by atoms with Crippen molar-refractivity contribution in [3.63, 3.8) is 0 Å². The third-order valence-corrected chi connectivity index (χ3v) is 5.12. The van der Waals surface area contributed by atoms with Crippen LogP contribution in [0.3, 0.4) is 0 Å². The summed E-state index contributed by atoms with van der Waals surface area (Å²) in [5.74, 6) is 0. The van der Waals surface area contributed by atoms with Gasteiger partial charge in [0.15, 0.2) is 0 Å². The number of thiophene rings is 1. The molecule has 23 heavy (non-hydrogen) atoms. The Kier molecular flexibility index (Phi) is 8.53. The summed E-state index contributed by atoms with van der Waals surface area (Å²) >= 11 is 5.29. The molecule has 0 aliphatic heterocycles. The first-order chi connectivity index (χ1) is 10.7. The second-order valence-corrected chi connectivity index (χ2v) is 8.45. The third kappa shape index (κ3) is 8.15. The van der Waals surface area contributed by atoms with Gasteiger partial charge < -0.3 is 19.7 Å². The van der Waals surface area contributed by atoms with Gasteiger partial charge in [0.25, 0.3) is 0 Å². The lowest BCUT2D eigenvalue weighted by Crippen LogP contribution is -2.42. The van der Waals surface area contributed by atoms with Crippen LogP contribution >= 0.6 is 27.3 Å². The average Bonchev–Trinajstić information content (AvgIpc) is 2.74. The van der Waals surface area contributed by atoms with E-state index in [2.05, 4.69) is 34.2 Å². The molecule has 0 saturated carbocycles. The van der Waals surface area contributed by atoms with Crippen molar-refractivity contribution in [1.29, 1.82) is 0 Å². The minimum Gasteiger partial charge on any atom is -0.444 e. The number of nitrogens with zero attached hydrogens (tertiary/aromatic N) is 1. The molecule has 1 amide bonds. The highest BCUT2D eigenvalue weighted by Crippen LogP contribution is 2.26. The molecule has 0 unspecified atom stereocenters. The van der Waals surface area contributed by atoms with Crippen molar-refractivity contribution in [1.82, 2.24) is 10.2 Å². The summed E-state index contributed by atoms with van der Waals surface area (Å²) in [4.78, 5) is 16.4. The molecule has 0 spiro atoms. The number of hydrogen-bond acceptors (Lipinski definition) is 5. The zero-order chi connectivity index (χ0) is 17.5. The smallest absolute Gasteiger partial charge is 0.410 e. The molecule has 1 aromatic rings. The van der Waals surface area contributed by atoms with Gasteiger partial charge in [-0.2, -0.15) is 0 Å². The lowest BCUT2D eigenvalue weighted by Gasteiger charge is -2.27. The number of carbonyl (C=O) groups excluding carboxylic acids is 1. The number of carbonyl (C=O) groups is 1. The van der Waals surface area contributed by atoms with Gasteiger partial charge in [0.05, 0.1) is 6.61 Å². The summed E-state index contributed by atoms with van der Waals surface area (Å²) in [5, 5.41) is 3.37. The maximum absolute atomic E-state index is 12.2. The van der Waals surface area contributed by atoms with Crippen molar-refractivity contribution in [2.75, 3.05) is 33.4 Å². The van der Waals surface area contributed by atoms with Crippen molar-refractivity contribution in [2.45, 2.75) is 39.8 Å². The minimum atomic E-state index is -0.489. The second kappa shape index (κ2) is 9.61. The highest BCUT2D eigenvalue weighted by atomic mass is 79.9. The van der Waals surface area contributed by atoms with Gasteiger partial charge in [-0.05, 0) is 49.7 Å². The number of hydrogen-bond donors (Lipinski definition) is 1. The quantitative estimate of drug-likeness (QED) is 0.667. The number of methoxy groups -OCH3 is 1. The Morgan fingerprint density at radius 3 is 2.61 bits per heavy atom. The molecule has 0 saturated heterocycles. The predicted molar refractivity (Wildman–Crippen MR) is 98.1 cm³/mol. The van der Waals surface area contributed by atoms with Crippen LogP contribution in [-0.2, 0) is 16.0 Å². The van der Waals surface area contributed by atoms with Crippen molar-refractivity contribution >= 4 is 33.4 Å². The van der Waals surface area contributed by atoms with E-state index in [4.69, 9.17) is 9.47 Å². The first kappa shape index (κ1) is 20.4. The molecule has 1 rings (SSSR count). The number of amides is 1. The minimum absolute atomic E-state index is 0.300. The van der Waals surface area contributed by atoms with Crippen LogP contribution in [0.15, 0.2) is 10.5 Å². The first-order valence-corrected chi connectivity index (χ1v) is 9.26. The van der Waals surface area contributed by atoms with E-state index in [1.165, 1.54) is 9.75 Å². The van der Waals surface area contributed by atoms with Gasteiger partial charge in [0.1, 0.15) is 5.60 Å². The number of halogens is 1. The Hall–Kier alpha value is -0.630. The fourth-order valence-corrected chi connectivity index (χ4v) is 3.42. The van der Waals surface area contributed by atoms with E-state index in [1.807, 2.05) is 20.8 Å². The summed E-state index contributed by atoms with van der Waals surface area (Å²) in [6, 6.07) is 2.13. The summed E-state index contributed by atoms with van der Waals surface area (Å²) in [5.41, 5.74) is -0.489. The van der Waals surface area contributed by atoms with E-state index in [0.29, 0.717) is 26.2 Å². The Balaban J connectivity index is 2.42. The summed E-state index contributed by atoms with van der Waals surface area (Å²) < 4.78 is 11.6. The van der Waals surface area contributed by atoms with Crippen LogP contribution in [-0.4, -0.2) is 49.9 Å². The first-order valence-electron chi connectivity index (χ1n) is 7.65. The Labute approximate surface area is 151 Å². The van der Waals surface area contributed by atoms with E-state index in [9.17, 15) is 4.79 Å². The Morgan fingerprint density at radius 2 is 2.09 bits per heavy atom. The number of ether oxygens (including phenoxy) is 2. The largest absolute Gasteiger partial charge is 0.444 e. The van der Waals surface area contributed by atoms with Gasteiger partial charge in [-0.15, -0.1) is 11.3 Å². The van der Waals surface area contributed by atoms with Crippen LogP contribution in [0.1, 0.15) is 30.5 Å². The highest BCUT2D eigenvalue weighted by Gasteiger charge is 2.21. The predicted octanol–water partition coefficient (Wildman–Crippen LogP) is 3.79. The second-order valence-electron chi connectivity index (χ2n) is 6.25. The Morgan fingerprint density at radius 1 is 1.39 bits per heavy atom. The number of aryl methyl sites for hydroxylation is 1. The molecule has 0 aromatic carbocycles. The van der Waals surface area contributed by atoms with E-state index in [0.717, 1.165) is 11.0 Å². The maximum Gasteiger partial charge on any atom is 0.410 e. The van der Waals surface area contributed by atoms with Gasteiger partial charge in [0.2, 0.25) is 0 Å². The summed E-state index contributed by atoms with van der Waals surface area (Å²) in [6.07, 6.45) is -0.300. The van der Waals surface area contributed by atoms with Crippen LogP contribution in [0.2, 0.25) is 0 Å². The van der Waals surface area contributed by atoms with E-state index >= 15 is 0 Å². The highest BCUT2D eigenvalue weighted by molar-refractivity contribution is 9.10. The molecular formula is C16H27BrN2O3S. The standard InChI is InChI=1S/C16H27BrN2O3S/c1-12-14(17)10-13(23-12)11-18-6-7-19(8-9-21-5)15(20)22-16(2,3)4/h10,18H,6-9,11H2,1-5H3. The molecule has 0 radical (unpaired) electrons. The average molecular weight is 407 g/mol. The molecule has 1 N–H and O–H groups in total. The van der Waals surface area contributed by atoms with E-state index in [-0.39, 0.29) is 6.09 Å². The van der Waals surface area contributed by atoms with Gasteiger partial charge in [-0.25, -0.2) is 4.79 Å². The molecule has 132 valence electrons. The lowest BCUT2D eigenvalue weighted by molar-refractivity contribution is 0.0204. The van der Waals surface area contributed by atoms with Crippen LogP contribution in [0.5, 0.6) is 0 Å². The summed E-state index contributed by atoms with van der Waals surface area (Å²) in [6.45, 7) is 10.8. The molecule has 0 aliphatic rings. The SMILES string of the molecule is COCCN(CCNCc1cc(Br)c(C)s1)C(=O)OC(C)(C)C. The summed E-state index contributed by atoms with van der Waals surface area (Å²) in [7, 11) is 1.63. The van der Waals surface area contributed by atoms with Gasteiger partial charge in [0, 0.05) is 47.5 Å². The van der Waals surface area contributed by atoms with E-state index in [1.54, 1.807) is 23.3 Å². The monoisotopic (exact) mass is 406 g/mol. The third-order valence-electron chi connectivity index (χ3n) is 2.98. The molecule has 7 heteroatoms. The molecule has 1 heterocycles. The zero-order valence-corrected chi connectivity index (χ0v) is 17.0.